The summed E-state index contributed by atoms with van der Waals surface area (Å²) in [5.41, 5.74) is 0.978. The van der Waals surface area contributed by atoms with Crippen LogP contribution in [0.3, 0.4) is 0 Å². The molecule has 0 heterocycles. The Labute approximate surface area is 142 Å². The molecule has 0 aromatic heterocycles. The topological polar surface area (TPSA) is 44.8 Å². The van der Waals surface area contributed by atoms with Crippen molar-refractivity contribution in [2.75, 3.05) is 13.7 Å². The van der Waals surface area contributed by atoms with Crippen LogP contribution in [-0.2, 0) is 9.47 Å². The Bertz CT molecular complexity index is 692. The van der Waals surface area contributed by atoms with E-state index in [9.17, 15) is 4.79 Å². The fraction of sp³-hybridized carbons (Fsp3) is 0.250. The number of rotatable bonds is 8. The first-order valence-electron chi connectivity index (χ1n) is 7.93. The second kappa shape index (κ2) is 8.77. The van der Waals surface area contributed by atoms with Crippen LogP contribution in [0.4, 0.5) is 0 Å². The van der Waals surface area contributed by atoms with Crippen molar-refractivity contribution in [3.63, 3.8) is 0 Å². The highest BCUT2D eigenvalue weighted by Gasteiger charge is 2.16. The molecule has 2 aromatic rings. The van der Waals surface area contributed by atoms with Crippen LogP contribution < -0.4 is 4.74 Å². The number of carbonyl (C=O) groups is 1. The molecule has 0 aliphatic rings. The molecule has 0 spiro atoms. The standard InChI is InChI=1S/C20H22O4/c1-4-5-13-23-15(2)19-14-17(11-12-18(19)20(21)22-3)24-16-9-7-6-8-10-16/h6-12,14H,2,4-5,13H2,1,3H3. The number of hydrogen-bond acceptors (Lipinski definition) is 4. The van der Waals surface area contributed by atoms with Crippen LogP contribution in [0, 0.1) is 0 Å². The van der Waals surface area contributed by atoms with Crippen LogP contribution in [0.25, 0.3) is 5.76 Å². The molecule has 0 fully saturated rings. The summed E-state index contributed by atoms with van der Waals surface area (Å²) in [4.78, 5) is 12.0. The summed E-state index contributed by atoms with van der Waals surface area (Å²) >= 11 is 0. The Hall–Kier alpha value is -2.75. The van der Waals surface area contributed by atoms with Crippen molar-refractivity contribution in [3.8, 4) is 11.5 Å². The molecule has 2 rings (SSSR count). The highest BCUT2D eigenvalue weighted by Crippen LogP contribution is 2.28. The third-order valence-electron chi connectivity index (χ3n) is 3.45. The number of unbranched alkanes of at least 4 members (excludes halogenated alkanes) is 1. The zero-order chi connectivity index (χ0) is 17.4. The molecule has 0 aliphatic heterocycles. The van der Waals surface area contributed by atoms with Crippen molar-refractivity contribution in [1.82, 2.24) is 0 Å². The van der Waals surface area contributed by atoms with Gasteiger partial charge in [-0.25, -0.2) is 4.79 Å². The van der Waals surface area contributed by atoms with Gasteiger partial charge < -0.3 is 14.2 Å². The maximum Gasteiger partial charge on any atom is 0.338 e. The van der Waals surface area contributed by atoms with Crippen molar-refractivity contribution in [2.45, 2.75) is 19.8 Å². The van der Waals surface area contributed by atoms with E-state index in [-0.39, 0.29) is 0 Å². The summed E-state index contributed by atoms with van der Waals surface area (Å²) in [6, 6.07) is 14.6. The highest BCUT2D eigenvalue weighted by atomic mass is 16.5. The number of carbonyl (C=O) groups excluding carboxylic acids is 1. The summed E-state index contributed by atoms with van der Waals surface area (Å²) in [5.74, 6) is 1.31. The molecule has 0 saturated heterocycles. The first kappa shape index (κ1) is 17.6. The first-order chi connectivity index (χ1) is 11.7. The van der Waals surface area contributed by atoms with Crippen LogP contribution in [0.15, 0.2) is 55.1 Å². The Morgan fingerprint density at radius 2 is 1.79 bits per heavy atom. The SMILES string of the molecule is C=C(OCCCC)c1cc(Oc2ccccc2)ccc1C(=O)OC. The van der Waals surface area contributed by atoms with Gasteiger partial charge in [0.15, 0.2) is 0 Å². The Kier molecular flexibility index (Phi) is 6.43. The van der Waals surface area contributed by atoms with Gasteiger partial charge in [0, 0.05) is 5.56 Å². The summed E-state index contributed by atoms with van der Waals surface area (Å²) < 4.78 is 16.3. The van der Waals surface area contributed by atoms with Crippen LogP contribution >= 0.6 is 0 Å². The fourth-order valence-corrected chi connectivity index (χ4v) is 2.15. The van der Waals surface area contributed by atoms with Crippen molar-refractivity contribution >= 4 is 11.7 Å². The lowest BCUT2D eigenvalue weighted by atomic mass is 10.1. The third-order valence-corrected chi connectivity index (χ3v) is 3.45. The summed E-state index contributed by atoms with van der Waals surface area (Å²) in [5, 5.41) is 0. The Morgan fingerprint density at radius 1 is 1.04 bits per heavy atom. The van der Waals surface area contributed by atoms with Gasteiger partial charge in [-0.05, 0) is 36.8 Å². The molecule has 4 nitrogen and oxygen atoms in total. The number of ether oxygens (including phenoxy) is 3. The number of methoxy groups -OCH3 is 1. The lowest BCUT2D eigenvalue weighted by Gasteiger charge is -2.14. The minimum Gasteiger partial charge on any atom is -0.494 e. The van der Waals surface area contributed by atoms with Gasteiger partial charge in [0.25, 0.3) is 0 Å². The van der Waals surface area contributed by atoms with E-state index in [1.165, 1.54) is 7.11 Å². The fourth-order valence-electron chi connectivity index (χ4n) is 2.15. The van der Waals surface area contributed by atoms with E-state index in [1.54, 1.807) is 18.2 Å². The third kappa shape index (κ3) is 4.62. The van der Waals surface area contributed by atoms with Gasteiger partial charge in [0.05, 0.1) is 19.3 Å². The maximum atomic E-state index is 12.0. The van der Waals surface area contributed by atoms with Crippen molar-refractivity contribution in [2.24, 2.45) is 0 Å². The van der Waals surface area contributed by atoms with Gasteiger partial charge in [-0.2, -0.15) is 0 Å². The average molecular weight is 326 g/mol. The molecule has 0 unspecified atom stereocenters. The number of esters is 1. The molecule has 0 radical (unpaired) electrons. The number of para-hydroxylation sites is 1. The number of benzene rings is 2. The molecule has 0 aliphatic carbocycles. The van der Waals surface area contributed by atoms with E-state index >= 15 is 0 Å². The van der Waals surface area contributed by atoms with E-state index in [1.807, 2.05) is 30.3 Å². The van der Waals surface area contributed by atoms with Gasteiger partial charge in [-0.1, -0.05) is 38.1 Å². The van der Waals surface area contributed by atoms with E-state index in [0.717, 1.165) is 12.8 Å². The molecule has 0 bridgehead atoms. The van der Waals surface area contributed by atoms with Crippen LogP contribution in [0.2, 0.25) is 0 Å². The molecular formula is C20H22O4. The predicted octanol–water partition coefficient (Wildman–Crippen LogP) is 5.05. The molecule has 0 N–H and O–H groups in total. The maximum absolute atomic E-state index is 12.0. The smallest absolute Gasteiger partial charge is 0.338 e. The van der Waals surface area contributed by atoms with E-state index in [4.69, 9.17) is 14.2 Å². The van der Waals surface area contributed by atoms with Gasteiger partial charge in [0.2, 0.25) is 0 Å². The second-order valence-corrected chi connectivity index (χ2v) is 5.24. The lowest BCUT2D eigenvalue weighted by Crippen LogP contribution is -2.07. The molecule has 2 aromatic carbocycles. The largest absolute Gasteiger partial charge is 0.494 e. The quantitative estimate of drug-likeness (QED) is 0.387. The van der Waals surface area contributed by atoms with Crippen LogP contribution in [-0.4, -0.2) is 19.7 Å². The zero-order valence-corrected chi connectivity index (χ0v) is 14.1. The van der Waals surface area contributed by atoms with Crippen LogP contribution in [0.1, 0.15) is 35.7 Å². The molecular weight excluding hydrogens is 304 g/mol. The predicted molar refractivity (Wildman–Crippen MR) is 94.2 cm³/mol. The molecule has 0 amide bonds. The first-order valence-corrected chi connectivity index (χ1v) is 7.93. The van der Waals surface area contributed by atoms with E-state index < -0.39 is 5.97 Å². The van der Waals surface area contributed by atoms with E-state index in [2.05, 4.69) is 13.5 Å². The minimum atomic E-state index is -0.434. The molecule has 0 saturated carbocycles. The summed E-state index contributed by atoms with van der Waals surface area (Å²) in [6.45, 7) is 6.58. The van der Waals surface area contributed by atoms with Gasteiger partial charge in [0.1, 0.15) is 17.3 Å². The molecule has 0 atom stereocenters. The monoisotopic (exact) mass is 326 g/mol. The molecule has 126 valence electrons. The Balaban J connectivity index is 2.27. The normalized spacial score (nSPS) is 10.1. The van der Waals surface area contributed by atoms with Gasteiger partial charge in [-0.15, -0.1) is 0 Å². The van der Waals surface area contributed by atoms with Crippen LogP contribution in [0.5, 0.6) is 11.5 Å². The summed E-state index contributed by atoms with van der Waals surface area (Å²) in [6.07, 6.45) is 1.95. The molecule has 4 heteroatoms. The van der Waals surface area contributed by atoms with Crippen molar-refractivity contribution < 1.29 is 19.0 Å². The average Bonchev–Trinajstić information content (AvgIpc) is 2.62. The second-order valence-electron chi connectivity index (χ2n) is 5.24. The van der Waals surface area contributed by atoms with Gasteiger partial charge in [-0.3, -0.25) is 0 Å². The lowest BCUT2D eigenvalue weighted by molar-refractivity contribution is 0.0599. The molecule has 24 heavy (non-hydrogen) atoms. The van der Waals surface area contributed by atoms with Crippen molar-refractivity contribution in [3.05, 3.63) is 66.2 Å². The highest BCUT2D eigenvalue weighted by molar-refractivity contribution is 5.94. The number of hydrogen-bond donors (Lipinski definition) is 0. The zero-order valence-electron chi connectivity index (χ0n) is 14.1. The summed E-state index contributed by atoms with van der Waals surface area (Å²) in [7, 11) is 1.35. The van der Waals surface area contributed by atoms with Crippen molar-refractivity contribution in [1.29, 1.82) is 0 Å². The van der Waals surface area contributed by atoms with Gasteiger partial charge >= 0.3 is 5.97 Å². The van der Waals surface area contributed by atoms with E-state index in [0.29, 0.717) is 35.0 Å². The Morgan fingerprint density at radius 3 is 2.46 bits per heavy atom. The minimum absolute atomic E-state index is 0.402.